The van der Waals surface area contributed by atoms with E-state index in [1.807, 2.05) is 0 Å². The average Bonchev–Trinajstić information content (AvgIpc) is 2.05. The van der Waals surface area contributed by atoms with E-state index in [9.17, 15) is 0 Å². The van der Waals surface area contributed by atoms with Crippen LogP contribution in [0.25, 0.3) is 0 Å². The molecule has 0 saturated carbocycles. The van der Waals surface area contributed by atoms with Gasteiger partial charge >= 0.3 is 0 Å². The predicted molar refractivity (Wildman–Crippen MR) is 41.3 cm³/mol. The van der Waals surface area contributed by atoms with Gasteiger partial charge in [0, 0.05) is 19.0 Å². The van der Waals surface area contributed by atoms with Gasteiger partial charge in [0.1, 0.15) is 0 Å². The van der Waals surface area contributed by atoms with E-state index in [4.69, 9.17) is 0 Å². The summed E-state index contributed by atoms with van der Waals surface area (Å²) in [5.41, 5.74) is 0. The van der Waals surface area contributed by atoms with Crippen molar-refractivity contribution in [3.05, 3.63) is 18.7 Å². The minimum absolute atomic E-state index is 0.652. The third kappa shape index (κ3) is 1.05. The van der Waals surface area contributed by atoms with E-state index in [1.54, 1.807) is 0 Å². The fraction of sp³-hybridized carbons (Fsp3) is 0.667. The SMILES string of the molecule is [C]1CC=CN2CCCCC12. The molecule has 0 amide bonds. The van der Waals surface area contributed by atoms with Crippen molar-refractivity contribution in [3.8, 4) is 0 Å². The van der Waals surface area contributed by atoms with Crippen molar-refractivity contribution in [2.24, 2.45) is 0 Å². The Bertz CT molecular complexity index is 140. The monoisotopic (exact) mass is 135 g/mol. The highest BCUT2D eigenvalue weighted by Gasteiger charge is 2.20. The van der Waals surface area contributed by atoms with Crippen molar-refractivity contribution in [3.63, 3.8) is 0 Å². The predicted octanol–water partition coefficient (Wildman–Crippen LogP) is 1.84. The molecule has 0 aromatic heterocycles. The Kier molecular flexibility index (Phi) is 1.66. The third-order valence-electron chi connectivity index (χ3n) is 2.31. The summed E-state index contributed by atoms with van der Waals surface area (Å²) in [4.78, 5) is 2.41. The first-order chi connectivity index (χ1) is 4.97. The molecule has 2 aliphatic rings. The first kappa shape index (κ1) is 6.26. The Morgan fingerprint density at radius 3 is 3.30 bits per heavy atom. The molecule has 2 radical (unpaired) electrons. The molecule has 2 aliphatic heterocycles. The van der Waals surface area contributed by atoms with Gasteiger partial charge in [-0.05, 0) is 31.9 Å². The van der Waals surface area contributed by atoms with Gasteiger partial charge in [-0.3, -0.25) is 0 Å². The second-order valence-electron chi connectivity index (χ2n) is 3.04. The van der Waals surface area contributed by atoms with Crippen molar-refractivity contribution in [1.29, 1.82) is 0 Å². The van der Waals surface area contributed by atoms with Gasteiger partial charge in [0.05, 0.1) is 0 Å². The molecule has 1 saturated heterocycles. The number of allylic oxidation sites excluding steroid dienone is 1. The zero-order valence-corrected chi connectivity index (χ0v) is 6.21. The Labute approximate surface area is 62.7 Å². The summed E-state index contributed by atoms with van der Waals surface area (Å²) in [6.45, 7) is 1.24. The molecule has 1 fully saturated rings. The van der Waals surface area contributed by atoms with Gasteiger partial charge < -0.3 is 4.90 Å². The van der Waals surface area contributed by atoms with Crippen LogP contribution >= 0.6 is 0 Å². The van der Waals surface area contributed by atoms with E-state index < -0.39 is 0 Å². The van der Waals surface area contributed by atoms with Crippen LogP contribution in [0.4, 0.5) is 0 Å². The molecule has 0 bridgehead atoms. The highest BCUT2D eigenvalue weighted by molar-refractivity contribution is 5.03. The van der Waals surface area contributed by atoms with E-state index in [0.717, 1.165) is 6.42 Å². The topological polar surface area (TPSA) is 3.24 Å². The van der Waals surface area contributed by atoms with Crippen molar-refractivity contribution in [2.45, 2.75) is 31.7 Å². The Balaban J connectivity index is 2.03. The van der Waals surface area contributed by atoms with E-state index in [0.29, 0.717) is 6.04 Å². The third-order valence-corrected chi connectivity index (χ3v) is 2.31. The first-order valence-corrected chi connectivity index (χ1v) is 4.12. The van der Waals surface area contributed by atoms with Crippen molar-refractivity contribution < 1.29 is 0 Å². The molecule has 54 valence electrons. The van der Waals surface area contributed by atoms with Crippen LogP contribution in [0.5, 0.6) is 0 Å². The van der Waals surface area contributed by atoms with Crippen LogP contribution in [0.2, 0.25) is 0 Å². The van der Waals surface area contributed by atoms with Crippen LogP contribution in [-0.2, 0) is 0 Å². The zero-order chi connectivity index (χ0) is 6.81. The first-order valence-electron chi connectivity index (χ1n) is 4.12. The number of hydrogen-bond donors (Lipinski definition) is 0. The molecule has 1 heteroatoms. The van der Waals surface area contributed by atoms with Gasteiger partial charge in [0.15, 0.2) is 0 Å². The van der Waals surface area contributed by atoms with Crippen molar-refractivity contribution in [2.75, 3.05) is 6.54 Å². The number of rotatable bonds is 0. The summed E-state index contributed by atoms with van der Waals surface area (Å²) in [5.74, 6) is 0. The lowest BCUT2D eigenvalue weighted by Gasteiger charge is -2.36. The minimum atomic E-state index is 0.652. The van der Waals surface area contributed by atoms with Crippen LogP contribution in [-0.4, -0.2) is 17.5 Å². The van der Waals surface area contributed by atoms with Gasteiger partial charge in [0.2, 0.25) is 0 Å². The van der Waals surface area contributed by atoms with Gasteiger partial charge in [-0.25, -0.2) is 0 Å². The Morgan fingerprint density at radius 1 is 1.40 bits per heavy atom. The second kappa shape index (κ2) is 2.65. The van der Waals surface area contributed by atoms with Crippen LogP contribution in [0.3, 0.4) is 0 Å². The molecule has 10 heavy (non-hydrogen) atoms. The highest BCUT2D eigenvalue weighted by atomic mass is 15.1. The average molecular weight is 135 g/mol. The molecular weight excluding hydrogens is 122 g/mol. The molecule has 0 spiro atoms. The van der Waals surface area contributed by atoms with Crippen LogP contribution in [0.1, 0.15) is 25.7 Å². The van der Waals surface area contributed by atoms with Gasteiger partial charge in [0.25, 0.3) is 0 Å². The molecule has 0 aromatic carbocycles. The summed E-state index contributed by atoms with van der Waals surface area (Å²) in [6, 6.07) is 0.652. The number of fused-ring (bicyclic) bond motifs is 1. The fourth-order valence-electron chi connectivity index (χ4n) is 1.74. The molecule has 0 aromatic rings. The molecule has 2 rings (SSSR count). The molecule has 1 unspecified atom stereocenters. The largest absolute Gasteiger partial charge is 0.374 e. The summed E-state index contributed by atoms with van der Waals surface area (Å²) < 4.78 is 0. The molecule has 2 heterocycles. The summed E-state index contributed by atoms with van der Waals surface area (Å²) in [7, 11) is 0. The van der Waals surface area contributed by atoms with E-state index in [2.05, 4.69) is 23.6 Å². The molecule has 0 N–H and O–H groups in total. The summed E-state index contributed by atoms with van der Waals surface area (Å²) in [6.07, 6.45) is 13.0. The Morgan fingerprint density at radius 2 is 2.40 bits per heavy atom. The van der Waals surface area contributed by atoms with Gasteiger partial charge in [-0.15, -0.1) is 0 Å². The standard InChI is InChI=1S/C9H13N/c1-3-7-10-8-4-2-6-9(10)5-1/h3,7,9H,1-2,4,6,8H2. The fourth-order valence-corrected chi connectivity index (χ4v) is 1.74. The number of nitrogens with zero attached hydrogens (tertiary/aromatic N) is 1. The second-order valence-corrected chi connectivity index (χ2v) is 3.04. The van der Waals surface area contributed by atoms with E-state index in [1.165, 1.54) is 25.8 Å². The summed E-state index contributed by atoms with van der Waals surface area (Å²) in [5, 5.41) is 0. The molecular formula is C9H13N. The normalized spacial score (nSPS) is 32.0. The van der Waals surface area contributed by atoms with Crippen molar-refractivity contribution in [1.82, 2.24) is 4.90 Å². The van der Waals surface area contributed by atoms with Gasteiger partial charge in [-0.2, -0.15) is 0 Å². The lowest BCUT2D eigenvalue weighted by molar-refractivity contribution is 0.229. The van der Waals surface area contributed by atoms with E-state index >= 15 is 0 Å². The molecule has 1 atom stereocenters. The Hall–Kier alpha value is -0.460. The maximum Gasteiger partial charge on any atom is 0.0356 e. The molecule has 1 nitrogen and oxygen atoms in total. The van der Waals surface area contributed by atoms with Crippen LogP contribution < -0.4 is 0 Å². The minimum Gasteiger partial charge on any atom is -0.374 e. The summed E-state index contributed by atoms with van der Waals surface area (Å²) >= 11 is 0. The number of hydrogen-bond acceptors (Lipinski definition) is 1. The highest BCUT2D eigenvalue weighted by Crippen LogP contribution is 2.23. The van der Waals surface area contributed by atoms with E-state index in [-0.39, 0.29) is 0 Å². The zero-order valence-electron chi connectivity index (χ0n) is 6.21. The number of piperidine rings is 1. The van der Waals surface area contributed by atoms with Crippen LogP contribution in [0, 0.1) is 6.42 Å². The molecule has 0 aliphatic carbocycles. The van der Waals surface area contributed by atoms with Gasteiger partial charge in [-0.1, -0.05) is 6.08 Å². The lowest BCUT2D eigenvalue weighted by atomic mass is 9.96. The van der Waals surface area contributed by atoms with Crippen molar-refractivity contribution >= 4 is 0 Å². The lowest BCUT2D eigenvalue weighted by Crippen LogP contribution is -2.37. The maximum absolute atomic E-state index is 3.46. The maximum atomic E-state index is 3.46. The quantitative estimate of drug-likeness (QED) is 0.490. The van der Waals surface area contributed by atoms with Crippen LogP contribution in [0.15, 0.2) is 12.3 Å². The smallest absolute Gasteiger partial charge is 0.0356 e.